The molecular formula is C21H19N3O. The van der Waals surface area contributed by atoms with E-state index in [1.165, 1.54) is 5.01 Å². The van der Waals surface area contributed by atoms with Gasteiger partial charge in [0.1, 0.15) is 0 Å². The molecule has 0 bridgehead atoms. The van der Waals surface area contributed by atoms with Gasteiger partial charge in [-0.3, -0.25) is 4.79 Å². The highest BCUT2D eigenvalue weighted by molar-refractivity contribution is 6.32. The van der Waals surface area contributed by atoms with Gasteiger partial charge in [-0.15, -0.1) is 0 Å². The summed E-state index contributed by atoms with van der Waals surface area (Å²) in [6.45, 7) is 3.96. The summed E-state index contributed by atoms with van der Waals surface area (Å²) in [4.78, 5) is 12.9. The van der Waals surface area contributed by atoms with Crippen molar-refractivity contribution >= 4 is 34.3 Å². The number of carbonyl (C=O) groups is 1. The summed E-state index contributed by atoms with van der Waals surface area (Å²) in [7, 11) is 2.05. The lowest BCUT2D eigenvalue weighted by Crippen LogP contribution is -2.21. The van der Waals surface area contributed by atoms with E-state index in [-0.39, 0.29) is 5.91 Å². The second kappa shape index (κ2) is 5.74. The number of nitrogens with zero attached hydrogens (tertiary/aromatic N) is 3. The van der Waals surface area contributed by atoms with Crippen molar-refractivity contribution in [1.29, 1.82) is 0 Å². The summed E-state index contributed by atoms with van der Waals surface area (Å²) < 4.78 is 2.16. The highest BCUT2D eigenvalue weighted by Gasteiger charge is 2.29. The first-order chi connectivity index (χ1) is 12.1. The minimum Gasteiger partial charge on any atom is -0.347 e. The summed E-state index contributed by atoms with van der Waals surface area (Å²) in [5.41, 5.74) is 5.53. The number of hydrazone groups is 1. The molecule has 1 aromatic heterocycles. The van der Waals surface area contributed by atoms with E-state index in [9.17, 15) is 4.79 Å². The Hall–Kier alpha value is -3.14. The average Bonchev–Trinajstić information content (AvgIpc) is 3.06. The molecule has 4 heteroatoms. The van der Waals surface area contributed by atoms with Gasteiger partial charge in [0.05, 0.1) is 17.0 Å². The van der Waals surface area contributed by atoms with Crippen LogP contribution in [0.2, 0.25) is 0 Å². The third-order valence-electron chi connectivity index (χ3n) is 4.80. The Labute approximate surface area is 146 Å². The van der Waals surface area contributed by atoms with Crippen molar-refractivity contribution in [2.75, 3.05) is 5.01 Å². The zero-order valence-electron chi connectivity index (χ0n) is 14.5. The molecule has 2 aromatic carbocycles. The number of hydrogen-bond acceptors (Lipinski definition) is 2. The molecule has 1 aliphatic heterocycles. The predicted molar refractivity (Wildman–Crippen MR) is 103 cm³/mol. The molecule has 0 spiro atoms. The average molecular weight is 329 g/mol. The van der Waals surface area contributed by atoms with Crippen LogP contribution in [0.5, 0.6) is 0 Å². The van der Waals surface area contributed by atoms with Crippen LogP contribution in [0.1, 0.15) is 18.2 Å². The number of benzene rings is 2. The van der Waals surface area contributed by atoms with Crippen LogP contribution in [0.25, 0.3) is 17.0 Å². The van der Waals surface area contributed by atoms with E-state index in [2.05, 4.69) is 28.7 Å². The van der Waals surface area contributed by atoms with E-state index < -0.39 is 0 Å². The predicted octanol–water partition coefficient (Wildman–Crippen LogP) is 4.29. The highest BCUT2D eigenvalue weighted by atomic mass is 16.2. The Balaban J connectivity index is 1.83. The van der Waals surface area contributed by atoms with Crippen molar-refractivity contribution in [2.45, 2.75) is 13.8 Å². The van der Waals surface area contributed by atoms with Crippen LogP contribution in [0, 0.1) is 6.92 Å². The van der Waals surface area contributed by atoms with Gasteiger partial charge in [0.15, 0.2) is 0 Å². The number of carbonyl (C=O) groups excluding carboxylic acids is 1. The van der Waals surface area contributed by atoms with Gasteiger partial charge < -0.3 is 4.57 Å². The molecule has 3 aromatic rings. The molecule has 25 heavy (non-hydrogen) atoms. The number of para-hydroxylation sites is 2. The van der Waals surface area contributed by atoms with Crippen molar-refractivity contribution in [3.8, 4) is 0 Å². The van der Waals surface area contributed by atoms with E-state index in [0.29, 0.717) is 5.57 Å². The molecule has 4 nitrogen and oxygen atoms in total. The molecule has 1 aliphatic rings. The molecule has 0 N–H and O–H groups in total. The minimum atomic E-state index is -0.0870. The summed E-state index contributed by atoms with van der Waals surface area (Å²) in [5, 5.41) is 7.08. The fourth-order valence-electron chi connectivity index (χ4n) is 3.31. The number of fused-ring (bicyclic) bond motifs is 1. The second-order valence-electron chi connectivity index (χ2n) is 6.27. The van der Waals surface area contributed by atoms with E-state index in [0.717, 1.165) is 33.6 Å². The summed E-state index contributed by atoms with van der Waals surface area (Å²) in [6, 6.07) is 17.8. The standard InChI is InChI=1S/C21H19N3O/c1-14-18(21(25)24(22-14)16-9-5-4-6-10-16)13-19-15(2)23(3)20-12-8-7-11-17(19)20/h4-13H,1-3H3/b18-13+. The number of amides is 1. The number of anilines is 1. The van der Waals surface area contributed by atoms with Gasteiger partial charge in [-0.1, -0.05) is 36.4 Å². The molecule has 0 atom stereocenters. The fraction of sp³-hybridized carbons (Fsp3) is 0.143. The molecule has 0 saturated carbocycles. The van der Waals surface area contributed by atoms with Crippen LogP contribution in [0.3, 0.4) is 0 Å². The molecule has 0 aliphatic carbocycles. The Morgan fingerprint density at radius 3 is 2.40 bits per heavy atom. The zero-order chi connectivity index (χ0) is 17.6. The van der Waals surface area contributed by atoms with Crippen molar-refractivity contribution in [3.63, 3.8) is 0 Å². The third kappa shape index (κ3) is 2.38. The molecule has 0 fully saturated rings. The van der Waals surface area contributed by atoms with Crippen molar-refractivity contribution in [2.24, 2.45) is 12.1 Å². The van der Waals surface area contributed by atoms with Gasteiger partial charge in [0.25, 0.3) is 5.91 Å². The van der Waals surface area contributed by atoms with Crippen LogP contribution >= 0.6 is 0 Å². The summed E-state index contributed by atoms with van der Waals surface area (Å²) in [5.74, 6) is -0.0870. The fourth-order valence-corrected chi connectivity index (χ4v) is 3.31. The van der Waals surface area contributed by atoms with Crippen LogP contribution in [0.15, 0.2) is 65.3 Å². The monoisotopic (exact) mass is 329 g/mol. The van der Waals surface area contributed by atoms with Crippen LogP contribution in [-0.2, 0) is 11.8 Å². The Bertz CT molecular complexity index is 1040. The smallest absolute Gasteiger partial charge is 0.280 e. The first-order valence-electron chi connectivity index (χ1n) is 8.28. The van der Waals surface area contributed by atoms with E-state index in [4.69, 9.17) is 0 Å². The lowest BCUT2D eigenvalue weighted by atomic mass is 10.0. The summed E-state index contributed by atoms with van der Waals surface area (Å²) in [6.07, 6.45) is 1.97. The number of rotatable bonds is 2. The van der Waals surface area contributed by atoms with Crippen LogP contribution in [-0.4, -0.2) is 16.2 Å². The Morgan fingerprint density at radius 2 is 1.64 bits per heavy atom. The van der Waals surface area contributed by atoms with Gasteiger partial charge in [0, 0.05) is 29.2 Å². The largest absolute Gasteiger partial charge is 0.347 e. The van der Waals surface area contributed by atoms with E-state index in [1.54, 1.807) is 0 Å². The lowest BCUT2D eigenvalue weighted by Gasteiger charge is -2.11. The maximum atomic E-state index is 12.9. The number of hydrogen-bond donors (Lipinski definition) is 0. The van der Waals surface area contributed by atoms with Gasteiger partial charge in [-0.05, 0) is 38.1 Å². The van der Waals surface area contributed by atoms with Crippen LogP contribution < -0.4 is 5.01 Å². The molecule has 1 amide bonds. The van der Waals surface area contributed by atoms with E-state index in [1.807, 2.05) is 62.5 Å². The lowest BCUT2D eigenvalue weighted by molar-refractivity contribution is -0.114. The Kier molecular flexibility index (Phi) is 3.53. The second-order valence-corrected chi connectivity index (χ2v) is 6.27. The topological polar surface area (TPSA) is 37.6 Å². The van der Waals surface area contributed by atoms with Crippen molar-refractivity contribution in [3.05, 3.63) is 71.4 Å². The van der Waals surface area contributed by atoms with E-state index >= 15 is 0 Å². The van der Waals surface area contributed by atoms with Gasteiger partial charge in [0.2, 0.25) is 0 Å². The maximum Gasteiger partial charge on any atom is 0.280 e. The molecule has 2 heterocycles. The van der Waals surface area contributed by atoms with Gasteiger partial charge in [-0.25, -0.2) is 0 Å². The molecule has 4 rings (SSSR count). The zero-order valence-corrected chi connectivity index (χ0v) is 14.5. The molecular weight excluding hydrogens is 310 g/mol. The SMILES string of the molecule is CC1=NN(c2ccccc2)C(=O)/C1=C/c1c(C)n(C)c2ccccc12. The summed E-state index contributed by atoms with van der Waals surface area (Å²) >= 11 is 0. The quantitative estimate of drug-likeness (QED) is 0.646. The number of aryl methyl sites for hydroxylation is 1. The first kappa shape index (κ1) is 15.4. The van der Waals surface area contributed by atoms with Crippen LogP contribution in [0.4, 0.5) is 5.69 Å². The molecule has 0 radical (unpaired) electrons. The molecule has 0 unspecified atom stereocenters. The van der Waals surface area contributed by atoms with Crippen molar-refractivity contribution < 1.29 is 4.79 Å². The van der Waals surface area contributed by atoms with Crippen molar-refractivity contribution in [1.82, 2.24) is 4.57 Å². The first-order valence-corrected chi connectivity index (χ1v) is 8.28. The Morgan fingerprint density at radius 1 is 0.960 bits per heavy atom. The maximum absolute atomic E-state index is 12.9. The highest BCUT2D eigenvalue weighted by Crippen LogP contribution is 2.30. The molecule has 124 valence electrons. The molecule has 0 saturated heterocycles. The normalized spacial score (nSPS) is 16.1. The van der Waals surface area contributed by atoms with Gasteiger partial charge >= 0.3 is 0 Å². The minimum absolute atomic E-state index is 0.0870. The third-order valence-corrected chi connectivity index (χ3v) is 4.80. The van der Waals surface area contributed by atoms with Gasteiger partial charge in [-0.2, -0.15) is 10.1 Å². The number of aromatic nitrogens is 1.